The number of esters is 3. The molecule has 0 saturated heterocycles. The maximum absolute atomic E-state index is 12.7. The van der Waals surface area contributed by atoms with Gasteiger partial charge in [-0.2, -0.15) is 0 Å². The summed E-state index contributed by atoms with van der Waals surface area (Å²) in [6.07, 6.45) is 61.4. The molecule has 0 aromatic carbocycles. The Morgan fingerprint density at radius 2 is 0.650 bits per heavy atom. The molecule has 0 radical (unpaired) electrons. The van der Waals surface area contributed by atoms with Crippen molar-refractivity contribution in [2.45, 2.75) is 226 Å². The normalized spacial score (nSPS) is 12.8. The van der Waals surface area contributed by atoms with E-state index in [1.54, 1.807) is 0 Å². The van der Waals surface area contributed by atoms with Crippen LogP contribution in [0.4, 0.5) is 0 Å². The Balaban J connectivity index is 4.39. The van der Waals surface area contributed by atoms with E-state index in [0.717, 1.165) is 148 Å². The zero-order valence-electron chi connectivity index (χ0n) is 38.9. The van der Waals surface area contributed by atoms with Crippen molar-refractivity contribution >= 4 is 17.9 Å². The number of rotatable bonds is 43. The fourth-order valence-electron chi connectivity index (χ4n) is 6.41. The van der Waals surface area contributed by atoms with Gasteiger partial charge in [-0.25, -0.2) is 0 Å². The van der Waals surface area contributed by atoms with Gasteiger partial charge in [0.25, 0.3) is 0 Å². The van der Waals surface area contributed by atoms with Gasteiger partial charge in [0, 0.05) is 19.3 Å². The molecule has 342 valence electrons. The van der Waals surface area contributed by atoms with E-state index in [1.165, 1.54) is 32.1 Å². The summed E-state index contributed by atoms with van der Waals surface area (Å²) < 4.78 is 16.7. The van der Waals surface area contributed by atoms with Gasteiger partial charge in [0.1, 0.15) is 13.2 Å². The van der Waals surface area contributed by atoms with Crippen LogP contribution in [0, 0.1) is 0 Å². The first-order chi connectivity index (χ1) is 29.5. The van der Waals surface area contributed by atoms with Crippen molar-refractivity contribution in [3.8, 4) is 0 Å². The van der Waals surface area contributed by atoms with Gasteiger partial charge in [-0.1, -0.05) is 183 Å². The molecule has 6 nitrogen and oxygen atoms in total. The van der Waals surface area contributed by atoms with Gasteiger partial charge < -0.3 is 14.2 Å². The van der Waals surface area contributed by atoms with Crippen molar-refractivity contribution in [1.29, 1.82) is 0 Å². The third-order valence-electron chi connectivity index (χ3n) is 10.1. The van der Waals surface area contributed by atoms with Gasteiger partial charge in [-0.15, -0.1) is 0 Å². The highest BCUT2D eigenvalue weighted by atomic mass is 16.6. The lowest BCUT2D eigenvalue weighted by atomic mass is 10.1. The first-order valence-corrected chi connectivity index (χ1v) is 24.6. The summed E-state index contributed by atoms with van der Waals surface area (Å²) >= 11 is 0. The Labute approximate surface area is 369 Å². The van der Waals surface area contributed by atoms with E-state index in [-0.39, 0.29) is 31.1 Å². The van der Waals surface area contributed by atoms with E-state index in [1.807, 2.05) is 0 Å². The number of unbranched alkanes of at least 4 members (excludes halogenated alkanes) is 18. The highest BCUT2D eigenvalue weighted by Gasteiger charge is 2.19. The first kappa shape index (κ1) is 56.6. The molecule has 1 atom stereocenters. The molecule has 1 unspecified atom stereocenters. The van der Waals surface area contributed by atoms with Crippen LogP contribution in [-0.4, -0.2) is 37.2 Å². The molecule has 0 spiro atoms. The van der Waals surface area contributed by atoms with Crippen LogP contribution in [0.1, 0.15) is 220 Å². The predicted molar refractivity (Wildman–Crippen MR) is 256 cm³/mol. The number of hydrogen-bond acceptors (Lipinski definition) is 6. The summed E-state index contributed by atoms with van der Waals surface area (Å²) in [5.41, 5.74) is 0. The summed E-state index contributed by atoms with van der Waals surface area (Å²) in [6, 6.07) is 0. The van der Waals surface area contributed by atoms with Gasteiger partial charge in [0.05, 0.1) is 0 Å². The molecule has 0 saturated carbocycles. The maximum atomic E-state index is 12.7. The molecule has 0 aliphatic heterocycles. The predicted octanol–water partition coefficient (Wildman–Crippen LogP) is 16.0. The van der Waals surface area contributed by atoms with E-state index in [9.17, 15) is 14.4 Å². The van der Waals surface area contributed by atoms with E-state index in [2.05, 4.69) is 106 Å². The minimum atomic E-state index is -0.792. The Bertz CT molecular complexity index is 1190. The minimum absolute atomic E-state index is 0.0925. The van der Waals surface area contributed by atoms with Crippen LogP contribution in [-0.2, 0) is 28.6 Å². The highest BCUT2D eigenvalue weighted by molar-refractivity contribution is 5.71. The second-order valence-corrected chi connectivity index (χ2v) is 16.0. The summed E-state index contributed by atoms with van der Waals surface area (Å²) in [7, 11) is 0. The zero-order valence-corrected chi connectivity index (χ0v) is 38.9. The second kappa shape index (κ2) is 48.3. The molecular formula is C54H90O6. The average Bonchev–Trinajstić information content (AvgIpc) is 3.24. The van der Waals surface area contributed by atoms with E-state index < -0.39 is 6.10 Å². The second-order valence-electron chi connectivity index (χ2n) is 16.0. The monoisotopic (exact) mass is 835 g/mol. The number of ether oxygens (including phenoxy) is 3. The number of hydrogen-bond donors (Lipinski definition) is 0. The Kier molecular flexibility index (Phi) is 45.5. The Morgan fingerprint density at radius 1 is 0.350 bits per heavy atom. The van der Waals surface area contributed by atoms with Crippen LogP contribution < -0.4 is 0 Å². The van der Waals surface area contributed by atoms with Gasteiger partial charge in [0.15, 0.2) is 6.10 Å². The zero-order chi connectivity index (χ0) is 43.7. The minimum Gasteiger partial charge on any atom is -0.462 e. The van der Waals surface area contributed by atoms with E-state index in [4.69, 9.17) is 14.2 Å². The molecule has 0 amide bonds. The first-order valence-electron chi connectivity index (χ1n) is 24.6. The molecule has 0 aliphatic rings. The summed E-state index contributed by atoms with van der Waals surface area (Å²) in [5, 5.41) is 0. The molecule has 0 bridgehead atoms. The van der Waals surface area contributed by atoms with E-state index >= 15 is 0 Å². The fourth-order valence-corrected chi connectivity index (χ4v) is 6.41. The fraction of sp³-hybridized carbons (Fsp3) is 0.685. The van der Waals surface area contributed by atoms with Crippen molar-refractivity contribution in [2.24, 2.45) is 0 Å². The van der Waals surface area contributed by atoms with Crippen molar-refractivity contribution in [1.82, 2.24) is 0 Å². The largest absolute Gasteiger partial charge is 0.462 e. The molecule has 60 heavy (non-hydrogen) atoms. The third kappa shape index (κ3) is 45.7. The Morgan fingerprint density at radius 3 is 1.05 bits per heavy atom. The molecule has 0 heterocycles. The van der Waals surface area contributed by atoms with Gasteiger partial charge in [0.2, 0.25) is 0 Å². The lowest BCUT2D eigenvalue weighted by Crippen LogP contribution is -2.30. The molecule has 6 heteroatoms. The Hall–Kier alpha value is -3.41. The lowest BCUT2D eigenvalue weighted by molar-refractivity contribution is -0.167. The highest BCUT2D eigenvalue weighted by Crippen LogP contribution is 2.13. The molecule has 0 N–H and O–H groups in total. The van der Waals surface area contributed by atoms with Gasteiger partial charge in [-0.3, -0.25) is 14.4 Å². The van der Waals surface area contributed by atoms with Crippen LogP contribution in [0.5, 0.6) is 0 Å². The third-order valence-corrected chi connectivity index (χ3v) is 10.1. The lowest BCUT2D eigenvalue weighted by Gasteiger charge is -2.18. The van der Waals surface area contributed by atoms with Crippen LogP contribution >= 0.6 is 0 Å². The van der Waals surface area contributed by atoms with Crippen LogP contribution in [0.15, 0.2) is 85.1 Å². The standard InChI is InChI=1S/C54H90O6/c1-4-7-10-13-16-19-22-24-25-26-27-28-29-31-32-35-38-41-44-47-53(56)59-50-51(49-58-52(55)46-43-40-37-34-21-18-15-12-9-6-3)60-54(57)48-45-42-39-36-33-30-23-20-17-14-11-8-5-2/h7,10-12,14-16,19-20,23-25,27-28,51H,4-6,8-9,13,17-18,21-22,26,29-50H2,1-3H3/b10-7-,14-11-,15-12-,19-16-,23-20-,25-24-,28-27-. The van der Waals surface area contributed by atoms with Crippen molar-refractivity contribution in [3.63, 3.8) is 0 Å². The molecule has 0 fully saturated rings. The van der Waals surface area contributed by atoms with Crippen molar-refractivity contribution in [3.05, 3.63) is 85.1 Å². The molecule has 0 rings (SSSR count). The average molecular weight is 835 g/mol. The number of allylic oxidation sites excluding steroid dienone is 14. The summed E-state index contributed by atoms with van der Waals surface area (Å²) in [4.78, 5) is 37.8. The molecule has 0 aromatic rings. The van der Waals surface area contributed by atoms with Crippen LogP contribution in [0.3, 0.4) is 0 Å². The summed E-state index contributed by atoms with van der Waals surface area (Å²) in [5.74, 6) is -0.936. The van der Waals surface area contributed by atoms with Crippen molar-refractivity contribution < 1.29 is 28.6 Å². The van der Waals surface area contributed by atoms with Gasteiger partial charge in [-0.05, 0) is 103 Å². The molecule has 0 aliphatic carbocycles. The molecule has 0 aromatic heterocycles. The summed E-state index contributed by atoms with van der Waals surface area (Å²) in [6.45, 7) is 6.35. The molecular weight excluding hydrogens is 745 g/mol. The smallest absolute Gasteiger partial charge is 0.306 e. The maximum Gasteiger partial charge on any atom is 0.306 e. The topological polar surface area (TPSA) is 78.9 Å². The van der Waals surface area contributed by atoms with Gasteiger partial charge >= 0.3 is 17.9 Å². The number of carbonyl (C=O) groups is 3. The quantitative estimate of drug-likeness (QED) is 0.0263. The van der Waals surface area contributed by atoms with E-state index in [0.29, 0.717) is 19.3 Å². The van der Waals surface area contributed by atoms with Crippen molar-refractivity contribution in [2.75, 3.05) is 13.2 Å². The van der Waals surface area contributed by atoms with Crippen LogP contribution in [0.25, 0.3) is 0 Å². The SMILES string of the molecule is CC/C=C\C/C=C\C/C=C\C/C=C\CCCCCCCCC(=O)OCC(COC(=O)CCCCCCC/C=C\CCC)OC(=O)CCCCCCC/C=C\C/C=C\CCC. The number of carbonyl (C=O) groups excluding carboxylic acids is 3. The van der Waals surface area contributed by atoms with Crippen LogP contribution in [0.2, 0.25) is 0 Å².